The second-order valence-electron chi connectivity index (χ2n) is 8.87. The first-order valence-electron chi connectivity index (χ1n) is 12.4. The fourth-order valence-electron chi connectivity index (χ4n) is 4.47. The first-order chi connectivity index (χ1) is 18.6. The Kier molecular flexibility index (Phi) is 7.50. The van der Waals surface area contributed by atoms with Crippen LogP contribution in [0, 0.1) is 11.8 Å². The first kappa shape index (κ1) is 24.8. The van der Waals surface area contributed by atoms with Crippen LogP contribution in [0.3, 0.4) is 0 Å². The van der Waals surface area contributed by atoms with Crippen LogP contribution in [0.1, 0.15) is 30.1 Å². The molecule has 3 heterocycles. The Labute approximate surface area is 220 Å². The number of hydrogen-bond donors (Lipinski definition) is 1. The molecular weight excluding hydrogens is 480 g/mol. The van der Waals surface area contributed by atoms with E-state index in [1.54, 1.807) is 4.90 Å². The van der Waals surface area contributed by atoms with Crippen LogP contribution in [0.5, 0.6) is 11.5 Å². The van der Waals surface area contributed by atoms with Crippen LogP contribution in [0.2, 0.25) is 0 Å². The summed E-state index contributed by atoms with van der Waals surface area (Å²) in [7, 11) is 0. The van der Waals surface area contributed by atoms with E-state index in [2.05, 4.69) is 28.4 Å². The fourth-order valence-corrected chi connectivity index (χ4v) is 4.47. The zero-order chi connectivity index (χ0) is 26.3. The number of amides is 1. The summed E-state index contributed by atoms with van der Waals surface area (Å²) in [6.07, 6.45) is 4.48. The van der Waals surface area contributed by atoms with E-state index in [1.807, 2.05) is 59.3 Å². The van der Waals surface area contributed by atoms with Gasteiger partial charge in [-0.25, -0.2) is 14.6 Å². The van der Waals surface area contributed by atoms with E-state index < -0.39 is 0 Å². The third-order valence-corrected chi connectivity index (χ3v) is 6.31. The molecule has 2 N–H and O–H groups in total. The van der Waals surface area contributed by atoms with Gasteiger partial charge < -0.3 is 20.1 Å². The summed E-state index contributed by atoms with van der Waals surface area (Å²) in [5.74, 6) is 7.84. The number of nitrogen functional groups attached to an aromatic ring is 1. The third kappa shape index (κ3) is 5.60. The average molecular weight is 509 g/mol. The van der Waals surface area contributed by atoms with Crippen LogP contribution < -0.4 is 15.2 Å². The lowest BCUT2D eigenvalue weighted by Gasteiger charge is -2.32. The topological polar surface area (TPSA) is 108 Å². The maximum absolute atomic E-state index is 12.2. The number of carbonyl (C=O) groups excluding carboxylic acids is 1. The molecule has 0 spiro atoms. The number of anilines is 1. The Morgan fingerprint density at radius 3 is 2.82 bits per heavy atom. The van der Waals surface area contributed by atoms with Crippen molar-refractivity contribution in [3.8, 4) is 23.3 Å². The van der Waals surface area contributed by atoms with Crippen molar-refractivity contribution in [2.24, 2.45) is 0 Å². The number of hydrogen-bond acceptors (Lipinski definition) is 7. The van der Waals surface area contributed by atoms with Gasteiger partial charge >= 0.3 is 0 Å². The van der Waals surface area contributed by atoms with E-state index in [-0.39, 0.29) is 18.6 Å². The monoisotopic (exact) mass is 508 g/mol. The van der Waals surface area contributed by atoms with Crippen molar-refractivity contribution in [3.05, 3.63) is 84.8 Å². The standard InChI is InChI=1S/C29H28N6O3/c1-2-26(36)34-15-7-10-22(18-34)35-29-27(28(30)31-20-32-29)25(33-35)14-8-16-37-24-13-6-9-21(17-24)19-38-23-11-4-3-5-12-23/h2-6,9,11-13,17,20,22H,1,7,10,15-16,18-19H2,(H2,30,31,32)/t22-/m1/s1. The SMILES string of the molecule is C=CC(=O)N1CCC[C@@H](n2nc(C#CCOc3cccc(COc4ccccc4)c3)c3c(N)ncnc32)C1. The maximum atomic E-state index is 12.2. The van der Waals surface area contributed by atoms with Crippen LogP contribution in [-0.4, -0.2) is 50.3 Å². The van der Waals surface area contributed by atoms with Gasteiger partial charge in [-0.15, -0.1) is 0 Å². The number of para-hydroxylation sites is 1. The van der Waals surface area contributed by atoms with E-state index in [9.17, 15) is 4.79 Å². The van der Waals surface area contributed by atoms with Crippen molar-refractivity contribution in [2.45, 2.75) is 25.5 Å². The average Bonchev–Trinajstić information content (AvgIpc) is 3.34. The predicted octanol–water partition coefficient (Wildman–Crippen LogP) is 3.77. The minimum atomic E-state index is -0.0897. The van der Waals surface area contributed by atoms with Gasteiger partial charge in [-0.05, 0) is 54.7 Å². The largest absolute Gasteiger partial charge is 0.489 e. The van der Waals surface area contributed by atoms with Crippen LogP contribution in [-0.2, 0) is 11.4 Å². The minimum Gasteiger partial charge on any atom is -0.489 e. The summed E-state index contributed by atoms with van der Waals surface area (Å²) >= 11 is 0. The number of nitrogens with zero attached hydrogens (tertiary/aromatic N) is 5. The molecule has 2 aromatic heterocycles. The highest BCUT2D eigenvalue weighted by atomic mass is 16.5. The van der Waals surface area contributed by atoms with Crippen molar-refractivity contribution >= 4 is 22.8 Å². The molecule has 1 atom stereocenters. The van der Waals surface area contributed by atoms with Gasteiger partial charge in [-0.1, -0.05) is 42.8 Å². The minimum absolute atomic E-state index is 0.0444. The molecule has 1 amide bonds. The van der Waals surface area contributed by atoms with Crippen molar-refractivity contribution in [3.63, 3.8) is 0 Å². The lowest BCUT2D eigenvalue weighted by atomic mass is 10.1. The molecule has 0 aliphatic carbocycles. The van der Waals surface area contributed by atoms with Gasteiger partial charge in [0.1, 0.15) is 42.6 Å². The molecule has 192 valence electrons. The van der Waals surface area contributed by atoms with Crippen molar-refractivity contribution in [2.75, 3.05) is 25.4 Å². The Morgan fingerprint density at radius 1 is 1.13 bits per heavy atom. The predicted molar refractivity (Wildman–Crippen MR) is 144 cm³/mol. The molecule has 0 bridgehead atoms. The van der Waals surface area contributed by atoms with E-state index >= 15 is 0 Å². The molecule has 38 heavy (non-hydrogen) atoms. The molecule has 5 rings (SSSR count). The summed E-state index contributed by atoms with van der Waals surface area (Å²) in [6.45, 7) is 5.42. The smallest absolute Gasteiger partial charge is 0.246 e. The number of fused-ring (bicyclic) bond motifs is 1. The molecule has 1 aliphatic heterocycles. The molecule has 0 saturated carbocycles. The number of carbonyl (C=O) groups is 1. The second kappa shape index (κ2) is 11.5. The van der Waals surface area contributed by atoms with E-state index in [0.717, 1.165) is 24.2 Å². The quantitative estimate of drug-likeness (QED) is 0.299. The van der Waals surface area contributed by atoms with Gasteiger partial charge in [0.15, 0.2) is 5.65 Å². The van der Waals surface area contributed by atoms with E-state index in [0.29, 0.717) is 48.0 Å². The van der Waals surface area contributed by atoms with E-state index in [1.165, 1.54) is 12.4 Å². The summed E-state index contributed by atoms with van der Waals surface area (Å²) in [4.78, 5) is 22.5. The third-order valence-electron chi connectivity index (χ3n) is 6.31. The number of likely N-dealkylation sites (tertiary alicyclic amines) is 1. The molecule has 9 heteroatoms. The summed E-state index contributed by atoms with van der Waals surface area (Å²) in [5, 5.41) is 5.33. The summed E-state index contributed by atoms with van der Waals surface area (Å²) in [6, 6.07) is 17.3. The van der Waals surface area contributed by atoms with Gasteiger partial charge in [0.05, 0.1) is 11.4 Å². The van der Waals surface area contributed by atoms with Gasteiger partial charge in [-0.3, -0.25) is 4.79 Å². The van der Waals surface area contributed by atoms with Gasteiger partial charge in [-0.2, -0.15) is 5.10 Å². The molecule has 1 aliphatic rings. The number of nitrogens with two attached hydrogens (primary N) is 1. The highest BCUT2D eigenvalue weighted by molar-refractivity contribution is 5.90. The van der Waals surface area contributed by atoms with E-state index in [4.69, 9.17) is 20.3 Å². The number of piperidine rings is 1. The van der Waals surface area contributed by atoms with Crippen molar-refractivity contribution in [1.82, 2.24) is 24.6 Å². The number of ether oxygens (including phenoxy) is 2. The first-order valence-corrected chi connectivity index (χ1v) is 12.4. The van der Waals surface area contributed by atoms with Crippen molar-refractivity contribution < 1.29 is 14.3 Å². The Bertz CT molecular complexity index is 1510. The Balaban J connectivity index is 1.29. The van der Waals surface area contributed by atoms with Crippen LogP contribution in [0.4, 0.5) is 5.82 Å². The van der Waals surface area contributed by atoms with Gasteiger partial charge in [0.2, 0.25) is 5.91 Å². The highest BCUT2D eigenvalue weighted by Gasteiger charge is 2.27. The summed E-state index contributed by atoms with van der Waals surface area (Å²) < 4.78 is 13.5. The number of benzene rings is 2. The molecule has 9 nitrogen and oxygen atoms in total. The fraction of sp³-hybridized carbons (Fsp3) is 0.241. The number of rotatable bonds is 7. The molecule has 1 saturated heterocycles. The molecule has 2 aromatic carbocycles. The zero-order valence-electron chi connectivity index (χ0n) is 20.9. The highest BCUT2D eigenvalue weighted by Crippen LogP contribution is 2.28. The normalized spacial score (nSPS) is 14.9. The maximum Gasteiger partial charge on any atom is 0.246 e. The molecule has 4 aromatic rings. The summed E-state index contributed by atoms with van der Waals surface area (Å²) in [5.41, 5.74) is 8.27. The second-order valence-corrected chi connectivity index (χ2v) is 8.87. The lowest BCUT2D eigenvalue weighted by molar-refractivity contribution is -0.127. The zero-order valence-corrected chi connectivity index (χ0v) is 20.9. The van der Waals surface area contributed by atoms with Crippen LogP contribution >= 0.6 is 0 Å². The molecule has 1 fully saturated rings. The van der Waals surface area contributed by atoms with Crippen molar-refractivity contribution in [1.29, 1.82) is 0 Å². The molecule has 0 radical (unpaired) electrons. The molecular formula is C29H28N6O3. The lowest BCUT2D eigenvalue weighted by Crippen LogP contribution is -2.40. The van der Waals surface area contributed by atoms with Gasteiger partial charge in [0, 0.05) is 13.1 Å². The molecule has 0 unspecified atom stereocenters. The number of aromatic nitrogens is 4. The van der Waals surface area contributed by atoms with Crippen LogP contribution in [0.15, 0.2) is 73.6 Å². The Hall–Kier alpha value is -4.84. The van der Waals surface area contributed by atoms with Gasteiger partial charge in [0.25, 0.3) is 0 Å². The Morgan fingerprint density at radius 2 is 1.97 bits per heavy atom. The van der Waals surface area contributed by atoms with Crippen LogP contribution in [0.25, 0.3) is 11.0 Å².